The van der Waals surface area contributed by atoms with Crippen LogP contribution in [0.1, 0.15) is 34.3 Å². The fourth-order valence-corrected chi connectivity index (χ4v) is 2.39. The second-order valence-corrected chi connectivity index (χ2v) is 6.17. The van der Waals surface area contributed by atoms with Gasteiger partial charge < -0.3 is 15.8 Å². The Morgan fingerprint density at radius 3 is 2.83 bits per heavy atom. The Bertz CT molecular complexity index is 708. The molecule has 4 nitrogen and oxygen atoms in total. The molecule has 2 aromatic rings. The number of nitrogens with two attached hydrogens (primary N) is 1. The first kappa shape index (κ1) is 15.4. The van der Waals surface area contributed by atoms with Gasteiger partial charge in [-0.1, -0.05) is 18.2 Å². The molecule has 1 fully saturated rings. The Morgan fingerprint density at radius 1 is 1.26 bits per heavy atom. The second-order valence-electron chi connectivity index (χ2n) is 6.17. The van der Waals surface area contributed by atoms with Gasteiger partial charge >= 0.3 is 0 Å². The maximum absolute atomic E-state index is 12.2. The lowest BCUT2D eigenvalue weighted by atomic mass is 10.1. The maximum atomic E-state index is 12.2. The summed E-state index contributed by atoms with van der Waals surface area (Å²) in [4.78, 5) is 12.2. The van der Waals surface area contributed by atoms with Crippen molar-refractivity contribution in [2.24, 2.45) is 5.92 Å². The van der Waals surface area contributed by atoms with Gasteiger partial charge in [0, 0.05) is 23.4 Å². The van der Waals surface area contributed by atoms with Gasteiger partial charge in [-0.2, -0.15) is 0 Å². The summed E-state index contributed by atoms with van der Waals surface area (Å²) >= 11 is 0. The highest BCUT2D eigenvalue weighted by molar-refractivity contribution is 5.94. The van der Waals surface area contributed by atoms with E-state index in [4.69, 9.17) is 10.5 Å². The van der Waals surface area contributed by atoms with E-state index in [1.807, 2.05) is 25.1 Å². The van der Waals surface area contributed by atoms with E-state index in [-0.39, 0.29) is 5.91 Å². The summed E-state index contributed by atoms with van der Waals surface area (Å²) < 4.78 is 5.93. The Balaban J connectivity index is 1.65. The van der Waals surface area contributed by atoms with Gasteiger partial charge in [-0.05, 0) is 55.5 Å². The molecule has 0 aliphatic heterocycles. The molecule has 0 atom stereocenters. The van der Waals surface area contributed by atoms with E-state index in [1.165, 1.54) is 12.8 Å². The zero-order valence-corrected chi connectivity index (χ0v) is 13.3. The molecule has 0 aromatic heterocycles. The van der Waals surface area contributed by atoms with Crippen LogP contribution in [0.25, 0.3) is 0 Å². The van der Waals surface area contributed by atoms with Crippen LogP contribution in [0.5, 0.6) is 5.75 Å². The van der Waals surface area contributed by atoms with Crippen molar-refractivity contribution in [3.05, 3.63) is 59.2 Å². The number of nitrogen functional groups attached to an aromatic ring is 1. The summed E-state index contributed by atoms with van der Waals surface area (Å²) in [5.74, 6) is 1.43. The zero-order chi connectivity index (χ0) is 16.2. The average molecular weight is 310 g/mol. The van der Waals surface area contributed by atoms with Gasteiger partial charge in [-0.25, -0.2) is 0 Å². The zero-order valence-electron chi connectivity index (χ0n) is 13.3. The van der Waals surface area contributed by atoms with Crippen molar-refractivity contribution < 1.29 is 9.53 Å². The summed E-state index contributed by atoms with van der Waals surface area (Å²) in [5, 5.41) is 2.93. The minimum atomic E-state index is -0.133. The number of hydrogen-bond acceptors (Lipinski definition) is 3. The van der Waals surface area contributed by atoms with Crippen LogP contribution in [-0.2, 0) is 6.54 Å². The van der Waals surface area contributed by atoms with E-state index < -0.39 is 0 Å². The predicted molar refractivity (Wildman–Crippen MR) is 91.4 cm³/mol. The molecular formula is C19H22N2O2. The highest BCUT2D eigenvalue weighted by Gasteiger charge is 2.22. The Labute approximate surface area is 136 Å². The maximum Gasteiger partial charge on any atom is 0.251 e. The van der Waals surface area contributed by atoms with Crippen LogP contribution in [0.2, 0.25) is 0 Å². The van der Waals surface area contributed by atoms with Crippen molar-refractivity contribution >= 4 is 11.6 Å². The number of amides is 1. The number of carbonyl (C=O) groups is 1. The molecule has 120 valence electrons. The largest absolute Gasteiger partial charge is 0.493 e. The van der Waals surface area contributed by atoms with Crippen molar-refractivity contribution in [2.75, 3.05) is 12.3 Å². The van der Waals surface area contributed by atoms with Crippen LogP contribution < -0.4 is 15.8 Å². The molecule has 4 heteroatoms. The minimum absolute atomic E-state index is 0.133. The lowest BCUT2D eigenvalue weighted by Crippen LogP contribution is -2.23. The fraction of sp³-hybridized carbons (Fsp3) is 0.316. The van der Waals surface area contributed by atoms with Crippen molar-refractivity contribution in [2.45, 2.75) is 26.3 Å². The molecule has 1 saturated carbocycles. The molecule has 3 N–H and O–H groups in total. The normalized spacial score (nSPS) is 13.6. The second kappa shape index (κ2) is 6.73. The highest BCUT2D eigenvalue weighted by atomic mass is 16.5. The van der Waals surface area contributed by atoms with Gasteiger partial charge in [0.2, 0.25) is 0 Å². The predicted octanol–water partition coefficient (Wildman–Crippen LogP) is 3.30. The van der Waals surface area contributed by atoms with Crippen LogP contribution >= 0.6 is 0 Å². The SMILES string of the molecule is Cc1ccc(CNC(=O)c2cccc(N)c2)c(OCC2CC2)c1. The molecule has 0 saturated heterocycles. The molecule has 3 rings (SSSR count). The highest BCUT2D eigenvalue weighted by Crippen LogP contribution is 2.30. The molecule has 0 radical (unpaired) electrons. The van der Waals surface area contributed by atoms with E-state index in [9.17, 15) is 4.79 Å². The van der Waals surface area contributed by atoms with E-state index in [2.05, 4.69) is 5.32 Å². The minimum Gasteiger partial charge on any atom is -0.493 e. The van der Waals surface area contributed by atoms with Crippen LogP contribution in [0.3, 0.4) is 0 Å². The summed E-state index contributed by atoms with van der Waals surface area (Å²) in [6.45, 7) is 3.24. The van der Waals surface area contributed by atoms with Gasteiger partial charge in [0.25, 0.3) is 5.91 Å². The average Bonchev–Trinajstić information content (AvgIpc) is 3.36. The lowest BCUT2D eigenvalue weighted by Gasteiger charge is -2.13. The van der Waals surface area contributed by atoms with Crippen molar-refractivity contribution in [3.63, 3.8) is 0 Å². The third-order valence-corrected chi connectivity index (χ3v) is 3.98. The Kier molecular flexibility index (Phi) is 4.51. The van der Waals surface area contributed by atoms with E-state index in [1.54, 1.807) is 24.3 Å². The monoisotopic (exact) mass is 310 g/mol. The first-order valence-electron chi connectivity index (χ1n) is 7.98. The van der Waals surface area contributed by atoms with E-state index >= 15 is 0 Å². The molecule has 2 aromatic carbocycles. The number of nitrogens with one attached hydrogen (secondary N) is 1. The number of anilines is 1. The van der Waals surface area contributed by atoms with E-state index in [0.29, 0.717) is 23.7 Å². The number of carbonyl (C=O) groups excluding carboxylic acids is 1. The first-order chi connectivity index (χ1) is 11.1. The molecule has 1 aliphatic carbocycles. The van der Waals surface area contributed by atoms with E-state index in [0.717, 1.165) is 23.5 Å². The fourth-order valence-electron chi connectivity index (χ4n) is 2.39. The van der Waals surface area contributed by atoms with Crippen LogP contribution in [0, 0.1) is 12.8 Å². The quantitative estimate of drug-likeness (QED) is 0.805. The molecule has 1 amide bonds. The smallest absolute Gasteiger partial charge is 0.251 e. The molecule has 0 unspecified atom stereocenters. The standard InChI is InChI=1S/C19H22N2O2/c1-13-5-8-16(18(9-13)23-12-14-6-7-14)11-21-19(22)15-3-2-4-17(20)10-15/h2-5,8-10,14H,6-7,11-12,20H2,1H3,(H,21,22). The van der Waals surface area contributed by atoms with Crippen LogP contribution in [0.4, 0.5) is 5.69 Å². The molecule has 0 heterocycles. The third-order valence-electron chi connectivity index (χ3n) is 3.98. The Hall–Kier alpha value is -2.49. The number of hydrogen-bond donors (Lipinski definition) is 2. The Morgan fingerprint density at radius 2 is 2.09 bits per heavy atom. The molecule has 23 heavy (non-hydrogen) atoms. The van der Waals surface area contributed by atoms with Crippen molar-refractivity contribution in [1.82, 2.24) is 5.32 Å². The topological polar surface area (TPSA) is 64.4 Å². The van der Waals surface area contributed by atoms with Crippen LogP contribution in [-0.4, -0.2) is 12.5 Å². The lowest BCUT2D eigenvalue weighted by molar-refractivity contribution is 0.0950. The van der Waals surface area contributed by atoms with Gasteiger partial charge in [-0.3, -0.25) is 4.79 Å². The van der Waals surface area contributed by atoms with Gasteiger partial charge in [0.15, 0.2) is 0 Å². The number of aryl methyl sites for hydroxylation is 1. The summed E-state index contributed by atoms with van der Waals surface area (Å²) in [7, 11) is 0. The number of benzene rings is 2. The third kappa shape index (κ3) is 4.25. The van der Waals surface area contributed by atoms with Crippen molar-refractivity contribution in [1.29, 1.82) is 0 Å². The van der Waals surface area contributed by atoms with Gasteiger partial charge in [0.05, 0.1) is 6.61 Å². The molecule has 0 bridgehead atoms. The number of rotatable bonds is 6. The van der Waals surface area contributed by atoms with Crippen LogP contribution in [0.15, 0.2) is 42.5 Å². The van der Waals surface area contributed by atoms with Gasteiger partial charge in [-0.15, -0.1) is 0 Å². The molecule has 1 aliphatic rings. The summed E-state index contributed by atoms with van der Waals surface area (Å²) in [6.07, 6.45) is 2.51. The number of ether oxygens (including phenoxy) is 1. The van der Waals surface area contributed by atoms with Crippen molar-refractivity contribution in [3.8, 4) is 5.75 Å². The summed E-state index contributed by atoms with van der Waals surface area (Å²) in [5.41, 5.74) is 9.02. The first-order valence-corrected chi connectivity index (χ1v) is 7.98. The summed E-state index contributed by atoms with van der Waals surface area (Å²) in [6, 6.07) is 13.1. The molecular weight excluding hydrogens is 288 g/mol. The van der Waals surface area contributed by atoms with Gasteiger partial charge in [0.1, 0.15) is 5.75 Å². The molecule has 0 spiro atoms.